The van der Waals surface area contributed by atoms with Crippen LogP contribution in [0.3, 0.4) is 0 Å². The Labute approximate surface area is 121 Å². The van der Waals surface area contributed by atoms with E-state index in [-0.39, 0.29) is 0 Å². The van der Waals surface area contributed by atoms with Crippen LogP contribution in [0, 0.1) is 11.6 Å². The molecule has 2 aromatic rings. The molecule has 0 amide bonds. The Bertz CT molecular complexity index is 666. The van der Waals surface area contributed by atoms with Crippen molar-refractivity contribution < 1.29 is 18.3 Å². The summed E-state index contributed by atoms with van der Waals surface area (Å²) in [6.07, 6.45) is 0. The Morgan fingerprint density at radius 3 is 2.19 bits per heavy atom. The van der Waals surface area contributed by atoms with Gasteiger partial charge in [0.1, 0.15) is 24.8 Å². The summed E-state index contributed by atoms with van der Waals surface area (Å²) in [6.45, 7) is 2.67. The van der Waals surface area contributed by atoms with Gasteiger partial charge in [-0.3, -0.25) is 0 Å². The van der Waals surface area contributed by atoms with E-state index in [1.54, 1.807) is 25.1 Å². The average molecular weight is 291 g/mol. The Morgan fingerprint density at radius 1 is 0.905 bits per heavy atom. The number of nitrogens with two attached hydrogens (primary N) is 1. The van der Waals surface area contributed by atoms with Crippen molar-refractivity contribution in [1.82, 2.24) is 0 Å². The fourth-order valence-electron chi connectivity index (χ4n) is 2.39. The van der Waals surface area contributed by atoms with Gasteiger partial charge < -0.3 is 15.2 Å². The molecule has 0 bridgehead atoms. The summed E-state index contributed by atoms with van der Waals surface area (Å²) < 4.78 is 37.8. The third-order valence-electron chi connectivity index (χ3n) is 3.60. The normalized spacial score (nSPS) is 16.4. The molecule has 0 saturated carbocycles. The minimum Gasteiger partial charge on any atom is -0.486 e. The van der Waals surface area contributed by atoms with Gasteiger partial charge in [0, 0.05) is 6.07 Å². The van der Waals surface area contributed by atoms with Crippen LogP contribution in [0.4, 0.5) is 8.78 Å². The third-order valence-corrected chi connectivity index (χ3v) is 3.60. The fraction of sp³-hybridized carbons (Fsp3) is 0.250. The largest absolute Gasteiger partial charge is 0.486 e. The van der Waals surface area contributed by atoms with E-state index in [2.05, 4.69) is 0 Å². The van der Waals surface area contributed by atoms with Crippen molar-refractivity contribution >= 4 is 0 Å². The molecular formula is C16H15F2NO2. The smallest absolute Gasteiger partial charge is 0.161 e. The van der Waals surface area contributed by atoms with Gasteiger partial charge in [-0.2, -0.15) is 0 Å². The molecule has 2 N–H and O–H groups in total. The molecule has 3 rings (SSSR count). The number of hydrogen-bond acceptors (Lipinski definition) is 3. The number of fused-ring (bicyclic) bond motifs is 1. The van der Waals surface area contributed by atoms with Crippen molar-refractivity contribution in [3.05, 3.63) is 59.2 Å². The predicted octanol–water partition coefficient (Wildman–Crippen LogP) is 2.96. The predicted molar refractivity (Wildman–Crippen MR) is 74.4 cm³/mol. The molecule has 3 nitrogen and oxygen atoms in total. The van der Waals surface area contributed by atoms with Crippen LogP contribution in [0.25, 0.3) is 0 Å². The van der Waals surface area contributed by atoms with E-state index in [9.17, 15) is 8.78 Å². The summed E-state index contributed by atoms with van der Waals surface area (Å²) >= 11 is 0. The maximum absolute atomic E-state index is 13.4. The summed E-state index contributed by atoms with van der Waals surface area (Å²) in [5, 5.41) is 0. The summed E-state index contributed by atoms with van der Waals surface area (Å²) in [5.41, 5.74) is 6.31. The maximum atomic E-state index is 13.4. The van der Waals surface area contributed by atoms with Crippen LogP contribution in [0.15, 0.2) is 36.4 Å². The summed E-state index contributed by atoms with van der Waals surface area (Å²) in [6, 6.07) is 8.57. The first-order valence-corrected chi connectivity index (χ1v) is 6.62. The molecule has 1 atom stereocenters. The van der Waals surface area contributed by atoms with Gasteiger partial charge in [0.15, 0.2) is 11.5 Å². The van der Waals surface area contributed by atoms with E-state index in [1.807, 2.05) is 0 Å². The SMILES string of the molecule is CC(N)(c1cc(F)cc(F)c1)c1ccc2c(c1)OCCO2. The molecule has 5 heteroatoms. The van der Waals surface area contributed by atoms with Crippen LogP contribution in [0.5, 0.6) is 11.5 Å². The lowest BCUT2D eigenvalue weighted by Crippen LogP contribution is -2.34. The standard InChI is InChI=1S/C16H15F2NO2/c1-16(19,11-6-12(17)9-13(18)7-11)10-2-3-14-15(8-10)21-5-4-20-14/h2-3,6-9H,4-5,19H2,1H3. The van der Waals surface area contributed by atoms with Crippen molar-refractivity contribution in [1.29, 1.82) is 0 Å². The van der Waals surface area contributed by atoms with Gasteiger partial charge in [-0.25, -0.2) is 8.78 Å². The average Bonchev–Trinajstić information content (AvgIpc) is 2.45. The molecule has 0 aromatic heterocycles. The summed E-state index contributed by atoms with van der Waals surface area (Å²) in [4.78, 5) is 0. The van der Waals surface area contributed by atoms with Crippen molar-refractivity contribution in [2.75, 3.05) is 13.2 Å². The second kappa shape index (κ2) is 5.00. The van der Waals surface area contributed by atoms with Gasteiger partial charge in [0.25, 0.3) is 0 Å². The van der Waals surface area contributed by atoms with Gasteiger partial charge in [-0.05, 0) is 42.3 Å². The van der Waals surface area contributed by atoms with Crippen LogP contribution in [-0.2, 0) is 5.54 Å². The van der Waals surface area contributed by atoms with Gasteiger partial charge in [-0.15, -0.1) is 0 Å². The number of ether oxygens (including phenoxy) is 2. The third kappa shape index (κ3) is 2.56. The molecule has 0 aliphatic carbocycles. The summed E-state index contributed by atoms with van der Waals surface area (Å²) in [7, 11) is 0. The molecule has 0 fully saturated rings. The monoisotopic (exact) mass is 291 g/mol. The summed E-state index contributed by atoms with van der Waals surface area (Å²) in [5.74, 6) is -0.0723. The first kappa shape index (κ1) is 13.8. The zero-order valence-corrected chi connectivity index (χ0v) is 11.5. The van der Waals surface area contributed by atoms with E-state index >= 15 is 0 Å². The number of rotatable bonds is 2. The Morgan fingerprint density at radius 2 is 1.52 bits per heavy atom. The molecule has 0 saturated heterocycles. The molecular weight excluding hydrogens is 276 g/mol. The van der Waals surface area contributed by atoms with Gasteiger partial charge in [0.05, 0.1) is 5.54 Å². The first-order valence-electron chi connectivity index (χ1n) is 6.62. The van der Waals surface area contributed by atoms with Gasteiger partial charge in [-0.1, -0.05) is 6.07 Å². The van der Waals surface area contributed by atoms with E-state index in [1.165, 1.54) is 12.1 Å². The second-order valence-electron chi connectivity index (χ2n) is 5.22. The highest BCUT2D eigenvalue weighted by atomic mass is 19.1. The van der Waals surface area contributed by atoms with E-state index in [4.69, 9.17) is 15.2 Å². The Hall–Kier alpha value is -2.14. The Kier molecular flexibility index (Phi) is 3.29. The molecule has 0 radical (unpaired) electrons. The first-order chi connectivity index (χ1) is 9.96. The number of halogens is 2. The molecule has 2 aromatic carbocycles. The Balaban J connectivity index is 2.04. The maximum Gasteiger partial charge on any atom is 0.161 e. The van der Waals surface area contributed by atoms with Crippen LogP contribution in [0.1, 0.15) is 18.1 Å². The van der Waals surface area contributed by atoms with Crippen molar-refractivity contribution in [2.24, 2.45) is 5.73 Å². The zero-order chi connectivity index (χ0) is 15.0. The second-order valence-corrected chi connectivity index (χ2v) is 5.22. The lowest BCUT2D eigenvalue weighted by atomic mass is 9.85. The lowest BCUT2D eigenvalue weighted by molar-refractivity contribution is 0.171. The fourth-order valence-corrected chi connectivity index (χ4v) is 2.39. The molecule has 1 aliphatic rings. The van der Waals surface area contributed by atoms with Gasteiger partial charge in [0.2, 0.25) is 0 Å². The molecule has 21 heavy (non-hydrogen) atoms. The van der Waals surface area contributed by atoms with Crippen molar-refractivity contribution in [2.45, 2.75) is 12.5 Å². The molecule has 110 valence electrons. The number of benzene rings is 2. The highest BCUT2D eigenvalue weighted by molar-refractivity contribution is 5.48. The highest BCUT2D eigenvalue weighted by Crippen LogP contribution is 2.36. The van der Waals surface area contributed by atoms with Gasteiger partial charge >= 0.3 is 0 Å². The molecule has 0 spiro atoms. The van der Waals surface area contributed by atoms with Crippen LogP contribution in [0.2, 0.25) is 0 Å². The quantitative estimate of drug-likeness (QED) is 0.925. The van der Waals surface area contributed by atoms with Crippen molar-refractivity contribution in [3.63, 3.8) is 0 Å². The lowest BCUT2D eigenvalue weighted by Gasteiger charge is -2.28. The highest BCUT2D eigenvalue weighted by Gasteiger charge is 2.27. The molecule has 1 unspecified atom stereocenters. The van der Waals surface area contributed by atoms with Crippen LogP contribution < -0.4 is 15.2 Å². The number of hydrogen-bond donors (Lipinski definition) is 1. The van der Waals surface area contributed by atoms with E-state index in [0.29, 0.717) is 35.8 Å². The minimum atomic E-state index is -1.04. The van der Waals surface area contributed by atoms with E-state index in [0.717, 1.165) is 6.07 Å². The van der Waals surface area contributed by atoms with Crippen LogP contribution in [-0.4, -0.2) is 13.2 Å². The van der Waals surface area contributed by atoms with Crippen LogP contribution >= 0.6 is 0 Å². The topological polar surface area (TPSA) is 44.5 Å². The molecule has 1 aliphatic heterocycles. The van der Waals surface area contributed by atoms with Crippen molar-refractivity contribution in [3.8, 4) is 11.5 Å². The minimum absolute atomic E-state index is 0.358. The van der Waals surface area contributed by atoms with E-state index < -0.39 is 17.2 Å². The zero-order valence-electron chi connectivity index (χ0n) is 11.5. The molecule has 1 heterocycles.